The van der Waals surface area contributed by atoms with Gasteiger partial charge in [0.25, 0.3) is 5.69 Å². The Morgan fingerprint density at radius 3 is 2.33 bits per heavy atom. The van der Waals surface area contributed by atoms with Crippen LogP contribution in [0.1, 0.15) is 11.1 Å². The number of alkyl halides is 3. The van der Waals surface area contributed by atoms with E-state index in [9.17, 15) is 23.3 Å². The third-order valence-electron chi connectivity index (χ3n) is 1.87. The number of rotatable bonds is 1. The van der Waals surface area contributed by atoms with Crippen LogP contribution in [0.15, 0.2) is 12.1 Å². The number of halogens is 4. The molecule has 1 aromatic rings. The van der Waals surface area contributed by atoms with Crippen molar-refractivity contribution in [1.82, 2.24) is 0 Å². The second-order valence-corrected chi connectivity index (χ2v) is 3.20. The second-order valence-electron chi connectivity index (χ2n) is 2.83. The molecule has 0 spiro atoms. The van der Waals surface area contributed by atoms with Crippen molar-refractivity contribution in [1.29, 1.82) is 0 Å². The fraction of sp³-hybridized carbons (Fsp3) is 0.250. The average molecular weight is 240 g/mol. The molecule has 0 saturated heterocycles. The fourth-order valence-corrected chi connectivity index (χ4v) is 1.35. The van der Waals surface area contributed by atoms with Gasteiger partial charge in [-0.05, 0) is 18.6 Å². The van der Waals surface area contributed by atoms with Gasteiger partial charge in [0.15, 0.2) is 0 Å². The lowest BCUT2D eigenvalue weighted by Gasteiger charge is -2.10. The number of nitro benzene ring substituents is 1. The fourth-order valence-electron chi connectivity index (χ4n) is 1.12. The highest BCUT2D eigenvalue weighted by Crippen LogP contribution is 2.38. The van der Waals surface area contributed by atoms with Gasteiger partial charge in [0.2, 0.25) is 0 Å². The smallest absolute Gasteiger partial charge is 0.258 e. The number of nitro groups is 1. The van der Waals surface area contributed by atoms with E-state index >= 15 is 0 Å². The van der Waals surface area contributed by atoms with Crippen molar-refractivity contribution >= 4 is 17.3 Å². The Hall–Kier alpha value is -1.30. The zero-order valence-corrected chi connectivity index (χ0v) is 8.19. The quantitative estimate of drug-likeness (QED) is 0.555. The minimum Gasteiger partial charge on any atom is -0.258 e. The van der Waals surface area contributed by atoms with Crippen LogP contribution in [0.3, 0.4) is 0 Å². The van der Waals surface area contributed by atoms with Gasteiger partial charge in [0.05, 0.1) is 10.5 Å². The van der Waals surface area contributed by atoms with Gasteiger partial charge >= 0.3 is 6.18 Å². The predicted molar refractivity (Wildman–Crippen MR) is 47.8 cm³/mol. The van der Waals surface area contributed by atoms with E-state index in [4.69, 9.17) is 11.6 Å². The number of nitrogens with zero attached hydrogens (tertiary/aromatic N) is 1. The van der Waals surface area contributed by atoms with Crippen LogP contribution in [0.5, 0.6) is 0 Å². The normalized spacial score (nSPS) is 11.5. The SMILES string of the molecule is Cc1c(C(F)(F)F)ccc([N+](=O)[O-])c1Cl. The molecule has 0 aliphatic rings. The maximum Gasteiger partial charge on any atom is 0.416 e. The summed E-state index contributed by atoms with van der Waals surface area (Å²) in [5, 5.41) is 9.90. The zero-order valence-electron chi connectivity index (χ0n) is 7.43. The van der Waals surface area contributed by atoms with Gasteiger partial charge in [-0.25, -0.2) is 0 Å². The third-order valence-corrected chi connectivity index (χ3v) is 2.35. The Morgan fingerprint density at radius 1 is 1.40 bits per heavy atom. The first-order valence-electron chi connectivity index (χ1n) is 3.76. The molecule has 15 heavy (non-hydrogen) atoms. The van der Waals surface area contributed by atoms with Gasteiger partial charge in [-0.15, -0.1) is 0 Å². The summed E-state index contributed by atoms with van der Waals surface area (Å²) >= 11 is 5.46. The van der Waals surface area contributed by atoms with Crippen molar-refractivity contribution in [2.75, 3.05) is 0 Å². The van der Waals surface area contributed by atoms with Gasteiger partial charge < -0.3 is 0 Å². The van der Waals surface area contributed by atoms with Gasteiger partial charge in [-0.3, -0.25) is 10.1 Å². The molecule has 7 heteroatoms. The van der Waals surface area contributed by atoms with Crippen LogP contribution >= 0.6 is 11.6 Å². The molecular formula is C8H5ClF3NO2. The van der Waals surface area contributed by atoms with Crippen LogP contribution in [0.4, 0.5) is 18.9 Å². The third kappa shape index (κ3) is 2.20. The molecule has 1 rings (SSSR count). The Balaban J connectivity index is 3.41. The van der Waals surface area contributed by atoms with Gasteiger partial charge in [-0.1, -0.05) is 11.6 Å². The lowest BCUT2D eigenvalue weighted by atomic mass is 10.1. The van der Waals surface area contributed by atoms with Crippen LogP contribution in [-0.2, 0) is 6.18 Å². The first-order chi connectivity index (χ1) is 6.75. The molecule has 0 aliphatic heterocycles. The van der Waals surface area contributed by atoms with Crippen LogP contribution in [0.25, 0.3) is 0 Å². The maximum absolute atomic E-state index is 12.3. The summed E-state index contributed by atoms with van der Waals surface area (Å²) in [5.74, 6) is 0. The molecule has 0 fully saturated rings. The Bertz CT molecular complexity index is 417. The Morgan fingerprint density at radius 2 is 1.93 bits per heavy atom. The van der Waals surface area contributed by atoms with Crippen molar-refractivity contribution in [2.45, 2.75) is 13.1 Å². The van der Waals surface area contributed by atoms with E-state index < -0.39 is 27.4 Å². The van der Waals surface area contributed by atoms with E-state index in [2.05, 4.69) is 0 Å². The van der Waals surface area contributed by atoms with E-state index in [1.165, 1.54) is 0 Å². The average Bonchev–Trinajstić information content (AvgIpc) is 2.06. The molecule has 3 nitrogen and oxygen atoms in total. The van der Waals surface area contributed by atoms with E-state index in [1.54, 1.807) is 0 Å². The Labute approximate surface area is 87.6 Å². The summed E-state index contributed by atoms with van der Waals surface area (Å²) in [4.78, 5) is 9.55. The molecule has 0 unspecified atom stereocenters. The summed E-state index contributed by atoms with van der Waals surface area (Å²) in [6.07, 6.45) is -4.55. The molecule has 0 heterocycles. The van der Waals surface area contributed by atoms with Crippen LogP contribution in [-0.4, -0.2) is 4.92 Å². The van der Waals surface area contributed by atoms with Crippen molar-refractivity contribution in [3.8, 4) is 0 Å². The lowest BCUT2D eigenvalue weighted by Crippen LogP contribution is -2.08. The highest BCUT2D eigenvalue weighted by atomic mass is 35.5. The molecule has 0 N–H and O–H groups in total. The van der Waals surface area contributed by atoms with Gasteiger partial charge in [0.1, 0.15) is 5.02 Å². The van der Waals surface area contributed by atoms with Crippen molar-refractivity contribution in [2.24, 2.45) is 0 Å². The molecule has 0 saturated carbocycles. The Kier molecular flexibility index (Phi) is 2.90. The highest BCUT2D eigenvalue weighted by molar-refractivity contribution is 6.33. The van der Waals surface area contributed by atoms with E-state index in [1.807, 2.05) is 0 Å². The molecule has 0 aliphatic carbocycles. The van der Waals surface area contributed by atoms with E-state index in [-0.39, 0.29) is 5.56 Å². The number of hydrogen-bond donors (Lipinski definition) is 0. The first-order valence-corrected chi connectivity index (χ1v) is 4.13. The van der Waals surface area contributed by atoms with Crippen molar-refractivity contribution in [3.05, 3.63) is 38.4 Å². The summed E-state index contributed by atoms with van der Waals surface area (Å²) in [6, 6.07) is 1.40. The van der Waals surface area contributed by atoms with Gasteiger partial charge in [-0.2, -0.15) is 13.2 Å². The first kappa shape index (κ1) is 11.8. The van der Waals surface area contributed by atoms with Crippen LogP contribution in [0.2, 0.25) is 5.02 Å². The standard InChI is InChI=1S/C8H5ClF3NO2/c1-4-5(8(10,11)12)2-3-6(7(4)9)13(14)15/h2-3H,1H3. The molecule has 0 amide bonds. The summed E-state index contributed by atoms with van der Waals surface area (Å²) in [7, 11) is 0. The summed E-state index contributed by atoms with van der Waals surface area (Å²) in [6.45, 7) is 1.10. The summed E-state index contributed by atoms with van der Waals surface area (Å²) in [5.41, 5.74) is -1.82. The monoisotopic (exact) mass is 239 g/mol. The van der Waals surface area contributed by atoms with Crippen LogP contribution < -0.4 is 0 Å². The zero-order chi connectivity index (χ0) is 11.8. The minimum atomic E-state index is -4.55. The van der Waals surface area contributed by atoms with E-state index in [0.29, 0.717) is 6.07 Å². The minimum absolute atomic E-state index is 0.335. The van der Waals surface area contributed by atoms with Crippen LogP contribution in [0, 0.1) is 17.0 Å². The predicted octanol–water partition coefficient (Wildman–Crippen LogP) is 3.58. The maximum atomic E-state index is 12.3. The molecule has 1 aromatic carbocycles. The molecule has 0 bridgehead atoms. The number of benzene rings is 1. The molecule has 0 radical (unpaired) electrons. The summed E-state index contributed by atoms with van der Waals surface area (Å²) < 4.78 is 37.0. The highest BCUT2D eigenvalue weighted by Gasteiger charge is 2.34. The van der Waals surface area contributed by atoms with Crippen molar-refractivity contribution < 1.29 is 18.1 Å². The molecule has 0 aromatic heterocycles. The second kappa shape index (κ2) is 3.69. The largest absolute Gasteiger partial charge is 0.416 e. The molecule has 82 valence electrons. The van der Waals surface area contributed by atoms with E-state index in [0.717, 1.165) is 13.0 Å². The number of hydrogen-bond acceptors (Lipinski definition) is 2. The van der Waals surface area contributed by atoms with Crippen molar-refractivity contribution in [3.63, 3.8) is 0 Å². The topological polar surface area (TPSA) is 43.1 Å². The lowest BCUT2D eigenvalue weighted by molar-refractivity contribution is -0.384. The molecule has 0 atom stereocenters. The van der Waals surface area contributed by atoms with Gasteiger partial charge in [0, 0.05) is 6.07 Å². The molecular weight excluding hydrogens is 235 g/mol.